The van der Waals surface area contributed by atoms with Crippen LogP contribution < -0.4 is 5.73 Å². The van der Waals surface area contributed by atoms with Crippen molar-refractivity contribution >= 4 is 11.6 Å². The Labute approximate surface area is 99.9 Å². The highest BCUT2D eigenvalue weighted by atomic mass is 35.5. The quantitative estimate of drug-likeness (QED) is 0.828. The summed E-state index contributed by atoms with van der Waals surface area (Å²) in [6.45, 7) is 0.700. The van der Waals surface area contributed by atoms with Gasteiger partial charge in [0.2, 0.25) is 0 Å². The molecule has 2 N–H and O–H groups in total. The van der Waals surface area contributed by atoms with Crippen LogP contribution in [0, 0.1) is 0 Å². The van der Waals surface area contributed by atoms with Gasteiger partial charge in [-0.1, -0.05) is 11.6 Å². The Bertz CT molecular complexity index is 465. The van der Waals surface area contributed by atoms with E-state index in [1.54, 1.807) is 6.20 Å². The van der Waals surface area contributed by atoms with Crippen LogP contribution in [0.1, 0.15) is 12.1 Å². The van der Waals surface area contributed by atoms with E-state index in [9.17, 15) is 0 Å². The molecule has 0 bridgehead atoms. The van der Waals surface area contributed by atoms with Gasteiger partial charge in [0.15, 0.2) is 5.15 Å². The van der Waals surface area contributed by atoms with Gasteiger partial charge in [-0.2, -0.15) is 0 Å². The van der Waals surface area contributed by atoms with E-state index in [4.69, 9.17) is 17.3 Å². The van der Waals surface area contributed by atoms with Crippen molar-refractivity contribution < 1.29 is 0 Å². The topological polar surface area (TPSA) is 43.8 Å². The van der Waals surface area contributed by atoms with Crippen molar-refractivity contribution in [2.24, 2.45) is 5.73 Å². The van der Waals surface area contributed by atoms with Crippen molar-refractivity contribution in [3.63, 3.8) is 0 Å². The lowest BCUT2D eigenvalue weighted by molar-refractivity contribution is 0.788. The number of halogens is 1. The lowest BCUT2D eigenvalue weighted by Gasteiger charge is -2.09. The van der Waals surface area contributed by atoms with Gasteiger partial charge in [-0.3, -0.25) is 0 Å². The second-order valence-corrected chi connectivity index (χ2v) is 3.93. The van der Waals surface area contributed by atoms with Crippen molar-refractivity contribution in [2.75, 3.05) is 6.54 Å². The largest absolute Gasteiger partial charge is 0.330 e. The van der Waals surface area contributed by atoms with Gasteiger partial charge in [-0.25, -0.2) is 4.98 Å². The summed E-state index contributed by atoms with van der Waals surface area (Å²) in [6, 6.07) is 7.93. The van der Waals surface area contributed by atoms with E-state index in [0.29, 0.717) is 11.7 Å². The first-order valence-electron chi connectivity index (χ1n) is 5.30. The van der Waals surface area contributed by atoms with Crippen molar-refractivity contribution in [1.29, 1.82) is 0 Å². The van der Waals surface area contributed by atoms with Crippen LogP contribution in [0.5, 0.6) is 0 Å². The Kier molecular flexibility index (Phi) is 3.59. The standard InChI is InChI=1S/C12H14ClN3/c13-12-11(6-2-8-15-12)16-9-3-5-10(16)4-1-7-14/h2-3,5-6,8-9H,1,4,7,14H2. The molecule has 0 saturated carbocycles. The van der Waals surface area contributed by atoms with Crippen LogP contribution in [0.4, 0.5) is 0 Å². The van der Waals surface area contributed by atoms with Gasteiger partial charge in [-0.05, 0) is 43.7 Å². The molecular formula is C12H14ClN3. The van der Waals surface area contributed by atoms with E-state index in [2.05, 4.69) is 15.6 Å². The third-order valence-electron chi connectivity index (χ3n) is 2.47. The molecule has 0 amide bonds. The molecule has 0 aliphatic carbocycles. The lowest BCUT2D eigenvalue weighted by atomic mass is 10.2. The van der Waals surface area contributed by atoms with Crippen LogP contribution in [0.25, 0.3) is 5.69 Å². The minimum Gasteiger partial charge on any atom is -0.330 e. The highest BCUT2D eigenvalue weighted by Crippen LogP contribution is 2.20. The first-order valence-corrected chi connectivity index (χ1v) is 5.68. The second-order valence-electron chi connectivity index (χ2n) is 3.58. The summed E-state index contributed by atoms with van der Waals surface area (Å²) in [5.74, 6) is 0. The van der Waals surface area contributed by atoms with Gasteiger partial charge in [-0.15, -0.1) is 0 Å². The molecule has 0 atom stereocenters. The van der Waals surface area contributed by atoms with Crippen molar-refractivity contribution in [3.8, 4) is 5.69 Å². The summed E-state index contributed by atoms with van der Waals surface area (Å²) in [4.78, 5) is 4.08. The van der Waals surface area contributed by atoms with Gasteiger partial charge < -0.3 is 10.3 Å². The number of nitrogens with zero attached hydrogens (tertiary/aromatic N) is 2. The van der Waals surface area contributed by atoms with E-state index >= 15 is 0 Å². The number of hydrogen-bond donors (Lipinski definition) is 1. The molecule has 2 heterocycles. The zero-order chi connectivity index (χ0) is 11.4. The maximum Gasteiger partial charge on any atom is 0.152 e. The maximum absolute atomic E-state index is 6.07. The van der Waals surface area contributed by atoms with Crippen LogP contribution in [0.3, 0.4) is 0 Å². The van der Waals surface area contributed by atoms with Gasteiger partial charge >= 0.3 is 0 Å². The Balaban J connectivity index is 2.33. The second kappa shape index (κ2) is 5.14. The SMILES string of the molecule is NCCCc1cccn1-c1cccnc1Cl. The summed E-state index contributed by atoms with van der Waals surface area (Å²) >= 11 is 6.07. The number of nitrogens with two attached hydrogens (primary N) is 1. The first kappa shape index (κ1) is 11.2. The Morgan fingerprint density at radius 3 is 2.94 bits per heavy atom. The highest BCUT2D eigenvalue weighted by molar-refractivity contribution is 6.31. The van der Waals surface area contributed by atoms with E-state index in [-0.39, 0.29) is 0 Å². The molecule has 0 spiro atoms. The fraction of sp³-hybridized carbons (Fsp3) is 0.250. The maximum atomic E-state index is 6.07. The van der Waals surface area contributed by atoms with Crippen LogP contribution in [-0.2, 0) is 6.42 Å². The Morgan fingerprint density at radius 2 is 2.19 bits per heavy atom. The summed E-state index contributed by atoms with van der Waals surface area (Å²) in [6.07, 6.45) is 5.61. The molecule has 16 heavy (non-hydrogen) atoms. The van der Waals surface area contributed by atoms with Gasteiger partial charge in [0.05, 0.1) is 5.69 Å². The molecule has 0 aromatic carbocycles. The third kappa shape index (κ3) is 2.26. The molecule has 2 rings (SSSR count). The van der Waals surface area contributed by atoms with Crippen LogP contribution in [0.2, 0.25) is 5.15 Å². The van der Waals surface area contributed by atoms with Crippen LogP contribution in [0.15, 0.2) is 36.7 Å². The molecule has 0 fully saturated rings. The fourth-order valence-electron chi connectivity index (χ4n) is 1.70. The van der Waals surface area contributed by atoms with E-state index in [1.165, 1.54) is 5.69 Å². The zero-order valence-corrected chi connectivity index (χ0v) is 9.69. The number of pyridine rings is 1. The third-order valence-corrected chi connectivity index (χ3v) is 2.76. The predicted octanol–water partition coefficient (Wildman–Crippen LogP) is 2.42. The number of hydrogen-bond acceptors (Lipinski definition) is 2. The molecule has 84 valence electrons. The summed E-state index contributed by atoms with van der Waals surface area (Å²) < 4.78 is 2.06. The molecular weight excluding hydrogens is 222 g/mol. The Morgan fingerprint density at radius 1 is 1.31 bits per heavy atom. The normalized spacial score (nSPS) is 10.6. The highest BCUT2D eigenvalue weighted by Gasteiger charge is 2.06. The molecule has 0 aliphatic heterocycles. The van der Waals surface area contributed by atoms with Crippen molar-refractivity contribution in [2.45, 2.75) is 12.8 Å². The lowest BCUT2D eigenvalue weighted by Crippen LogP contribution is -2.05. The molecule has 0 aliphatic rings. The molecule has 3 nitrogen and oxygen atoms in total. The van der Waals surface area contributed by atoms with Gasteiger partial charge in [0.25, 0.3) is 0 Å². The smallest absolute Gasteiger partial charge is 0.152 e. The van der Waals surface area contributed by atoms with E-state index < -0.39 is 0 Å². The van der Waals surface area contributed by atoms with Crippen molar-refractivity contribution in [3.05, 3.63) is 47.5 Å². The molecule has 0 unspecified atom stereocenters. The first-order chi connectivity index (χ1) is 7.83. The molecule has 0 radical (unpaired) electrons. The molecule has 2 aromatic heterocycles. The number of aryl methyl sites for hydroxylation is 1. The monoisotopic (exact) mass is 235 g/mol. The number of aromatic nitrogens is 2. The Hall–Kier alpha value is -1.32. The summed E-state index contributed by atoms with van der Waals surface area (Å²) in [5.41, 5.74) is 7.64. The molecule has 0 saturated heterocycles. The molecule has 4 heteroatoms. The predicted molar refractivity (Wildman–Crippen MR) is 65.9 cm³/mol. The fourth-order valence-corrected chi connectivity index (χ4v) is 1.91. The van der Waals surface area contributed by atoms with Crippen LogP contribution in [-0.4, -0.2) is 16.1 Å². The zero-order valence-electron chi connectivity index (χ0n) is 8.94. The summed E-state index contributed by atoms with van der Waals surface area (Å²) in [7, 11) is 0. The van der Waals surface area contributed by atoms with Crippen LogP contribution >= 0.6 is 11.6 Å². The van der Waals surface area contributed by atoms with Gasteiger partial charge in [0, 0.05) is 18.1 Å². The van der Waals surface area contributed by atoms with E-state index in [0.717, 1.165) is 18.5 Å². The molecule has 2 aromatic rings. The minimum atomic E-state index is 0.521. The average Bonchev–Trinajstić information content (AvgIpc) is 2.75. The van der Waals surface area contributed by atoms with Crippen molar-refractivity contribution in [1.82, 2.24) is 9.55 Å². The minimum absolute atomic E-state index is 0.521. The summed E-state index contributed by atoms with van der Waals surface area (Å²) in [5, 5.41) is 0.521. The van der Waals surface area contributed by atoms with Gasteiger partial charge in [0.1, 0.15) is 0 Å². The van der Waals surface area contributed by atoms with E-state index in [1.807, 2.05) is 24.4 Å². The average molecular weight is 236 g/mol. The number of rotatable bonds is 4.